The monoisotopic (exact) mass is 308 g/mol. The number of aliphatic hydroxyl groups is 1. The van der Waals surface area contributed by atoms with Crippen LogP contribution >= 0.6 is 0 Å². The molecule has 0 heterocycles. The van der Waals surface area contributed by atoms with Crippen molar-refractivity contribution in [3.8, 4) is 0 Å². The highest BCUT2D eigenvalue weighted by Crippen LogP contribution is 2.07. The van der Waals surface area contributed by atoms with Crippen molar-refractivity contribution in [3.05, 3.63) is 35.9 Å². The summed E-state index contributed by atoms with van der Waals surface area (Å²) in [5, 5.41) is 15.0. The van der Waals surface area contributed by atoms with E-state index in [1.807, 2.05) is 30.3 Å². The third kappa shape index (κ3) is 6.58. The topological polar surface area (TPSA) is 87.7 Å². The summed E-state index contributed by atoms with van der Waals surface area (Å²) in [6.07, 6.45) is -2.02. The van der Waals surface area contributed by atoms with Gasteiger partial charge in [0.05, 0.1) is 6.04 Å². The van der Waals surface area contributed by atoms with Crippen molar-refractivity contribution in [1.82, 2.24) is 10.6 Å². The normalized spacial score (nSPS) is 13.9. The zero-order valence-electron chi connectivity index (χ0n) is 13.4. The lowest BCUT2D eigenvalue weighted by molar-refractivity contribution is -0.130. The average molecular weight is 308 g/mol. The van der Waals surface area contributed by atoms with E-state index in [1.165, 1.54) is 6.92 Å². The number of benzene rings is 1. The quantitative estimate of drug-likeness (QED) is 0.770. The van der Waals surface area contributed by atoms with Crippen molar-refractivity contribution in [2.75, 3.05) is 0 Å². The number of hydrogen-bond acceptors (Lipinski definition) is 4. The molecule has 0 aliphatic heterocycles. The molecule has 0 aromatic heterocycles. The van der Waals surface area contributed by atoms with Crippen LogP contribution in [0.5, 0.6) is 0 Å². The maximum Gasteiger partial charge on any atom is 0.407 e. The SMILES string of the molecule is CC(NC(=O)OC(C)(C)C)C(O)C(=O)NCc1ccccc1. The van der Waals surface area contributed by atoms with Crippen LogP contribution in [0.2, 0.25) is 0 Å². The fourth-order valence-corrected chi connectivity index (χ4v) is 1.69. The van der Waals surface area contributed by atoms with Crippen molar-refractivity contribution < 1.29 is 19.4 Å². The van der Waals surface area contributed by atoms with Crippen molar-refractivity contribution in [1.29, 1.82) is 0 Å². The van der Waals surface area contributed by atoms with Crippen LogP contribution in [-0.4, -0.2) is 34.9 Å². The standard InChI is InChI=1S/C16H24N2O4/c1-11(18-15(21)22-16(2,3)4)13(19)14(20)17-10-12-8-6-5-7-9-12/h5-9,11,13,19H,10H2,1-4H3,(H,17,20)(H,18,21). The lowest BCUT2D eigenvalue weighted by Gasteiger charge is -2.24. The van der Waals surface area contributed by atoms with Crippen molar-refractivity contribution in [2.45, 2.75) is 52.0 Å². The molecule has 122 valence electrons. The summed E-state index contributed by atoms with van der Waals surface area (Å²) in [4.78, 5) is 23.5. The minimum atomic E-state index is -1.35. The Morgan fingerprint density at radius 1 is 1.23 bits per heavy atom. The lowest BCUT2D eigenvalue weighted by Crippen LogP contribution is -2.49. The first-order valence-corrected chi connectivity index (χ1v) is 7.18. The first-order valence-electron chi connectivity index (χ1n) is 7.18. The van der Waals surface area contributed by atoms with Gasteiger partial charge in [0.2, 0.25) is 0 Å². The number of aliphatic hydroxyl groups excluding tert-OH is 1. The van der Waals surface area contributed by atoms with Crippen LogP contribution in [0, 0.1) is 0 Å². The van der Waals surface area contributed by atoms with Crippen LogP contribution in [-0.2, 0) is 16.1 Å². The van der Waals surface area contributed by atoms with E-state index in [9.17, 15) is 14.7 Å². The summed E-state index contributed by atoms with van der Waals surface area (Å²) in [7, 11) is 0. The summed E-state index contributed by atoms with van der Waals surface area (Å²) in [6, 6.07) is 8.59. The number of ether oxygens (including phenoxy) is 1. The number of amides is 2. The Morgan fingerprint density at radius 2 is 1.82 bits per heavy atom. The molecule has 0 radical (unpaired) electrons. The smallest absolute Gasteiger partial charge is 0.407 e. The minimum absolute atomic E-state index is 0.315. The fourth-order valence-electron chi connectivity index (χ4n) is 1.69. The molecule has 2 unspecified atom stereocenters. The van der Waals surface area contributed by atoms with E-state index in [-0.39, 0.29) is 0 Å². The van der Waals surface area contributed by atoms with Gasteiger partial charge < -0.3 is 20.5 Å². The van der Waals surface area contributed by atoms with Crippen molar-refractivity contribution in [2.24, 2.45) is 0 Å². The maximum atomic E-state index is 11.9. The van der Waals surface area contributed by atoms with Gasteiger partial charge in [0, 0.05) is 6.54 Å². The van der Waals surface area contributed by atoms with E-state index >= 15 is 0 Å². The molecule has 22 heavy (non-hydrogen) atoms. The number of nitrogens with one attached hydrogen (secondary N) is 2. The zero-order valence-corrected chi connectivity index (χ0v) is 13.4. The lowest BCUT2D eigenvalue weighted by atomic mass is 10.1. The molecule has 1 aromatic carbocycles. The Kier molecular flexibility index (Phi) is 6.37. The molecule has 0 bridgehead atoms. The van der Waals surface area contributed by atoms with Gasteiger partial charge in [-0.25, -0.2) is 4.79 Å². The third-order valence-electron chi connectivity index (χ3n) is 2.80. The predicted octanol–water partition coefficient (Wildman–Crippen LogP) is 1.58. The molecule has 0 fully saturated rings. The number of rotatable bonds is 5. The molecule has 6 heteroatoms. The van der Waals surface area contributed by atoms with Gasteiger partial charge in [-0.1, -0.05) is 30.3 Å². The summed E-state index contributed by atoms with van der Waals surface area (Å²) in [5.41, 5.74) is 0.292. The van der Waals surface area contributed by atoms with Crippen LogP contribution in [0.25, 0.3) is 0 Å². The van der Waals surface area contributed by atoms with Crippen LogP contribution in [0.15, 0.2) is 30.3 Å². The highest BCUT2D eigenvalue weighted by atomic mass is 16.6. The summed E-state index contributed by atoms with van der Waals surface area (Å²) < 4.78 is 5.07. The Hall–Kier alpha value is -2.08. The Balaban J connectivity index is 2.43. The number of alkyl carbamates (subject to hydrolysis) is 1. The predicted molar refractivity (Wildman–Crippen MR) is 83.1 cm³/mol. The maximum absolute atomic E-state index is 11.9. The molecule has 1 aromatic rings. The van der Waals surface area contributed by atoms with Gasteiger partial charge >= 0.3 is 6.09 Å². The second-order valence-electron chi connectivity index (χ2n) is 6.08. The van der Waals surface area contributed by atoms with Crippen LogP contribution < -0.4 is 10.6 Å². The van der Waals surface area contributed by atoms with E-state index in [2.05, 4.69) is 10.6 Å². The molecule has 0 aliphatic rings. The molecule has 1 rings (SSSR count). The van der Waals surface area contributed by atoms with Crippen molar-refractivity contribution in [3.63, 3.8) is 0 Å². The van der Waals surface area contributed by atoms with E-state index in [0.29, 0.717) is 6.54 Å². The highest BCUT2D eigenvalue weighted by Gasteiger charge is 2.25. The first-order chi connectivity index (χ1) is 10.2. The fraction of sp³-hybridized carbons (Fsp3) is 0.500. The molecule has 3 N–H and O–H groups in total. The molecule has 0 spiro atoms. The van der Waals surface area contributed by atoms with Gasteiger partial charge in [-0.3, -0.25) is 4.79 Å². The Bertz CT molecular complexity index is 497. The molecule has 0 saturated carbocycles. The van der Waals surface area contributed by atoms with Crippen LogP contribution in [0.1, 0.15) is 33.3 Å². The van der Waals surface area contributed by atoms with Gasteiger partial charge in [-0.15, -0.1) is 0 Å². The number of hydrogen-bond donors (Lipinski definition) is 3. The Morgan fingerprint density at radius 3 is 2.36 bits per heavy atom. The number of carbonyl (C=O) groups is 2. The molecule has 0 aliphatic carbocycles. The average Bonchev–Trinajstić information content (AvgIpc) is 2.42. The van der Waals surface area contributed by atoms with E-state index < -0.39 is 29.7 Å². The number of carbonyl (C=O) groups excluding carboxylic acids is 2. The van der Waals surface area contributed by atoms with Gasteiger partial charge in [0.25, 0.3) is 5.91 Å². The van der Waals surface area contributed by atoms with Gasteiger partial charge in [-0.2, -0.15) is 0 Å². The Labute approximate surface area is 130 Å². The first kappa shape index (κ1) is 18.0. The molecular weight excluding hydrogens is 284 g/mol. The summed E-state index contributed by atoms with van der Waals surface area (Å²) in [5.74, 6) is -0.549. The molecule has 6 nitrogen and oxygen atoms in total. The third-order valence-corrected chi connectivity index (χ3v) is 2.80. The molecular formula is C16H24N2O4. The van der Waals surface area contributed by atoms with E-state index in [1.54, 1.807) is 20.8 Å². The van der Waals surface area contributed by atoms with Crippen LogP contribution in [0.3, 0.4) is 0 Å². The van der Waals surface area contributed by atoms with Crippen LogP contribution in [0.4, 0.5) is 4.79 Å². The molecule has 0 saturated heterocycles. The highest BCUT2D eigenvalue weighted by molar-refractivity contribution is 5.82. The minimum Gasteiger partial charge on any atom is -0.444 e. The largest absolute Gasteiger partial charge is 0.444 e. The molecule has 2 atom stereocenters. The second-order valence-corrected chi connectivity index (χ2v) is 6.08. The van der Waals surface area contributed by atoms with Gasteiger partial charge in [0.15, 0.2) is 6.10 Å². The summed E-state index contributed by atoms with van der Waals surface area (Å²) >= 11 is 0. The van der Waals surface area contributed by atoms with Gasteiger partial charge in [-0.05, 0) is 33.3 Å². The van der Waals surface area contributed by atoms with E-state index in [0.717, 1.165) is 5.56 Å². The zero-order chi connectivity index (χ0) is 16.8. The van der Waals surface area contributed by atoms with Crippen molar-refractivity contribution >= 4 is 12.0 Å². The van der Waals surface area contributed by atoms with E-state index in [4.69, 9.17) is 4.74 Å². The molecule has 2 amide bonds. The second kappa shape index (κ2) is 7.79. The summed E-state index contributed by atoms with van der Waals surface area (Å²) in [6.45, 7) is 7.06. The van der Waals surface area contributed by atoms with Gasteiger partial charge in [0.1, 0.15) is 5.60 Å².